The van der Waals surface area contributed by atoms with Gasteiger partial charge in [-0.1, -0.05) is 11.6 Å². The van der Waals surface area contributed by atoms with Crippen molar-refractivity contribution in [2.75, 3.05) is 18.5 Å². The SMILES string of the molecule is NC1=NC(c2cc(NC(=O)Oc3ccc(Cl)cn3)ccc2F)(C(F)(F)F)COC1. The van der Waals surface area contributed by atoms with Gasteiger partial charge in [0.05, 0.1) is 11.6 Å². The summed E-state index contributed by atoms with van der Waals surface area (Å²) in [6, 6.07) is 5.36. The Balaban J connectivity index is 1.90. The van der Waals surface area contributed by atoms with Crippen molar-refractivity contribution in [1.29, 1.82) is 0 Å². The molecule has 2 heterocycles. The largest absolute Gasteiger partial charge is 0.420 e. The molecule has 0 aliphatic carbocycles. The van der Waals surface area contributed by atoms with Crippen molar-refractivity contribution < 1.29 is 31.8 Å². The second-order valence-electron chi connectivity index (χ2n) is 5.98. The molecule has 1 aromatic carbocycles. The zero-order valence-corrected chi connectivity index (χ0v) is 15.2. The summed E-state index contributed by atoms with van der Waals surface area (Å²) in [5.41, 5.74) is 1.35. The van der Waals surface area contributed by atoms with Crippen molar-refractivity contribution >= 4 is 29.2 Å². The van der Waals surface area contributed by atoms with Gasteiger partial charge in [-0.2, -0.15) is 13.2 Å². The number of aromatic nitrogens is 1. The molecule has 3 rings (SSSR count). The van der Waals surface area contributed by atoms with Gasteiger partial charge in [0.15, 0.2) is 0 Å². The number of nitrogens with two attached hydrogens (primary N) is 1. The van der Waals surface area contributed by atoms with Crippen molar-refractivity contribution in [3.05, 3.63) is 52.9 Å². The van der Waals surface area contributed by atoms with Gasteiger partial charge in [-0.3, -0.25) is 5.32 Å². The number of rotatable bonds is 3. The van der Waals surface area contributed by atoms with E-state index in [4.69, 9.17) is 26.8 Å². The van der Waals surface area contributed by atoms with Crippen molar-refractivity contribution in [3.8, 4) is 5.88 Å². The maximum atomic E-state index is 14.3. The molecule has 154 valence electrons. The number of aliphatic imine (C=N–C) groups is 1. The smallest absolute Gasteiger partial charge is 0.391 e. The van der Waals surface area contributed by atoms with E-state index in [1.807, 2.05) is 0 Å². The normalized spacial score (nSPS) is 19.4. The van der Waals surface area contributed by atoms with Crippen molar-refractivity contribution in [2.24, 2.45) is 10.7 Å². The van der Waals surface area contributed by atoms with Crippen LogP contribution in [0, 0.1) is 5.82 Å². The Kier molecular flexibility index (Phi) is 5.62. The lowest BCUT2D eigenvalue weighted by atomic mass is 9.88. The maximum Gasteiger partial charge on any atom is 0.420 e. The highest BCUT2D eigenvalue weighted by Gasteiger charge is 2.59. The van der Waals surface area contributed by atoms with Crippen LogP contribution in [0.1, 0.15) is 5.56 Å². The maximum absolute atomic E-state index is 14.3. The molecule has 1 amide bonds. The van der Waals surface area contributed by atoms with Crippen LogP contribution in [0.25, 0.3) is 0 Å². The molecule has 0 saturated carbocycles. The van der Waals surface area contributed by atoms with Crippen LogP contribution in [0.3, 0.4) is 0 Å². The molecule has 1 aliphatic rings. The number of ether oxygens (including phenoxy) is 2. The van der Waals surface area contributed by atoms with Crippen LogP contribution >= 0.6 is 11.6 Å². The van der Waals surface area contributed by atoms with Gasteiger partial charge in [0, 0.05) is 23.5 Å². The molecule has 0 bridgehead atoms. The number of hydrogen-bond donors (Lipinski definition) is 2. The lowest BCUT2D eigenvalue weighted by molar-refractivity contribution is -0.205. The molecule has 0 spiro atoms. The Hall–Kier alpha value is -2.92. The number of nitrogens with one attached hydrogen (secondary N) is 1. The molecule has 3 N–H and O–H groups in total. The Labute approximate surface area is 166 Å². The first-order valence-electron chi connectivity index (χ1n) is 8.00. The molecule has 12 heteroatoms. The molecule has 7 nitrogen and oxygen atoms in total. The molecule has 0 fully saturated rings. The average molecular weight is 433 g/mol. The highest BCUT2D eigenvalue weighted by atomic mass is 35.5. The Morgan fingerprint density at radius 3 is 2.69 bits per heavy atom. The van der Waals surface area contributed by atoms with E-state index >= 15 is 0 Å². The minimum Gasteiger partial charge on any atom is -0.391 e. The highest BCUT2D eigenvalue weighted by molar-refractivity contribution is 6.30. The molecular formula is C17H13ClF4N4O3. The second kappa shape index (κ2) is 7.84. The molecule has 1 atom stereocenters. The molecule has 1 unspecified atom stereocenters. The molecular weight excluding hydrogens is 420 g/mol. The Morgan fingerprint density at radius 2 is 2.07 bits per heavy atom. The van der Waals surface area contributed by atoms with E-state index in [9.17, 15) is 22.4 Å². The van der Waals surface area contributed by atoms with Crippen LogP contribution in [-0.4, -0.2) is 36.3 Å². The van der Waals surface area contributed by atoms with Gasteiger partial charge in [-0.05, 0) is 24.3 Å². The number of hydrogen-bond acceptors (Lipinski definition) is 6. The zero-order chi connectivity index (χ0) is 21.2. The molecule has 1 aliphatic heterocycles. The number of amides is 1. The van der Waals surface area contributed by atoms with Crippen LogP contribution in [-0.2, 0) is 10.3 Å². The van der Waals surface area contributed by atoms with Crippen LogP contribution in [0.4, 0.5) is 28.0 Å². The second-order valence-corrected chi connectivity index (χ2v) is 6.41. The third-order valence-electron chi connectivity index (χ3n) is 3.92. The van der Waals surface area contributed by atoms with Crippen molar-refractivity contribution in [3.63, 3.8) is 0 Å². The topological polar surface area (TPSA) is 98.8 Å². The first kappa shape index (κ1) is 20.8. The fraction of sp³-hybridized carbons (Fsp3) is 0.235. The van der Waals surface area contributed by atoms with Gasteiger partial charge in [-0.15, -0.1) is 0 Å². The third kappa shape index (κ3) is 4.40. The number of amidine groups is 1. The number of carbonyl (C=O) groups excluding carboxylic acids is 1. The van der Waals surface area contributed by atoms with Gasteiger partial charge < -0.3 is 15.2 Å². The van der Waals surface area contributed by atoms with Gasteiger partial charge in [0.1, 0.15) is 18.3 Å². The van der Waals surface area contributed by atoms with E-state index in [0.717, 1.165) is 18.2 Å². The monoisotopic (exact) mass is 432 g/mol. The summed E-state index contributed by atoms with van der Waals surface area (Å²) < 4.78 is 65.5. The first-order chi connectivity index (χ1) is 13.6. The number of nitrogens with zero attached hydrogens (tertiary/aromatic N) is 2. The van der Waals surface area contributed by atoms with E-state index in [1.165, 1.54) is 18.3 Å². The van der Waals surface area contributed by atoms with Crippen LogP contribution in [0.15, 0.2) is 41.5 Å². The van der Waals surface area contributed by atoms with Crippen LogP contribution < -0.4 is 15.8 Å². The minimum absolute atomic E-state index is 0.0981. The van der Waals surface area contributed by atoms with E-state index in [1.54, 1.807) is 0 Å². The fourth-order valence-corrected chi connectivity index (χ4v) is 2.74. The molecule has 0 saturated heterocycles. The number of anilines is 1. The number of pyridine rings is 1. The number of halogens is 5. The lowest BCUT2D eigenvalue weighted by Crippen LogP contribution is -2.50. The minimum atomic E-state index is -5.01. The summed E-state index contributed by atoms with van der Waals surface area (Å²) in [6.07, 6.45) is -4.83. The van der Waals surface area contributed by atoms with Crippen molar-refractivity contribution in [1.82, 2.24) is 4.98 Å². The van der Waals surface area contributed by atoms with Gasteiger partial charge in [0.25, 0.3) is 0 Å². The van der Waals surface area contributed by atoms with E-state index in [-0.39, 0.29) is 18.2 Å². The standard InChI is InChI=1S/C17H13ClF4N4O3/c18-9-1-4-14(24-6-9)29-15(27)25-10-2-3-12(19)11(5-10)16(17(20,21)22)8-28-7-13(23)26-16/h1-6H,7-8H2,(H2,23,26)(H,25,27). The number of alkyl halides is 3. The highest BCUT2D eigenvalue weighted by Crippen LogP contribution is 2.45. The number of benzene rings is 1. The Morgan fingerprint density at radius 1 is 1.31 bits per heavy atom. The summed E-state index contributed by atoms with van der Waals surface area (Å²) in [5, 5.41) is 2.52. The summed E-state index contributed by atoms with van der Waals surface area (Å²) in [4.78, 5) is 19.2. The summed E-state index contributed by atoms with van der Waals surface area (Å²) in [5.74, 6) is -1.72. The Bertz CT molecular complexity index is 953. The summed E-state index contributed by atoms with van der Waals surface area (Å²) in [7, 11) is 0. The van der Waals surface area contributed by atoms with Gasteiger partial charge >= 0.3 is 12.3 Å². The fourth-order valence-electron chi connectivity index (χ4n) is 2.63. The summed E-state index contributed by atoms with van der Waals surface area (Å²) >= 11 is 5.67. The van der Waals surface area contributed by atoms with Crippen LogP contribution in [0.5, 0.6) is 5.88 Å². The summed E-state index contributed by atoms with van der Waals surface area (Å²) in [6.45, 7) is -1.27. The average Bonchev–Trinajstić information content (AvgIpc) is 2.64. The molecule has 2 aromatic rings. The lowest BCUT2D eigenvalue weighted by Gasteiger charge is -2.35. The molecule has 0 radical (unpaired) electrons. The quantitative estimate of drug-likeness (QED) is 0.722. The van der Waals surface area contributed by atoms with E-state index < -0.39 is 41.6 Å². The predicted molar refractivity (Wildman–Crippen MR) is 95.5 cm³/mol. The van der Waals surface area contributed by atoms with Gasteiger partial charge in [0.2, 0.25) is 11.4 Å². The van der Waals surface area contributed by atoms with Crippen LogP contribution in [0.2, 0.25) is 5.02 Å². The zero-order valence-electron chi connectivity index (χ0n) is 14.5. The molecule has 1 aromatic heterocycles. The van der Waals surface area contributed by atoms with E-state index in [0.29, 0.717) is 5.02 Å². The van der Waals surface area contributed by atoms with Crippen molar-refractivity contribution in [2.45, 2.75) is 11.7 Å². The molecule has 29 heavy (non-hydrogen) atoms. The third-order valence-corrected chi connectivity index (χ3v) is 4.14. The number of carbonyl (C=O) groups is 1. The van der Waals surface area contributed by atoms with Gasteiger partial charge in [-0.25, -0.2) is 19.2 Å². The predicted octanol–water partition coefficient (Wildman–Crippen LogP) is 3.63. The van der Waals surface area contributed by atoms with E-state index in [2.05, 4.69) is 15.3 Å². The first-order valence-corrected chi connectivity index (χ1v) is 8.37.